The van der Waals surface area contributed by atoms with Gasteiger partial charge in [0.1, 0.15) is 0 Å². The number of fused-ring (bicyclic) bond motifs is 1. The van der Waals surface area contributed by atoms with E-state index in [1.165, 1.54) is 10.9 Å². The van der Waals surface area contributed by atoms with E-state index in [1.54, 1.807) is 0 Å². The molecule has 1 amide bonds. The average molecular weight is 300 g/mol. The molecule has 2 N–H and O–H groups in total. The van der Waals surface area contributed by atoms with E-state index in [4.69, 9.17) is 0 Å². The largest absolute Gasteiger partial charge is 0.346 e. The first-order chi connectivity index (χ1) is 10.6. The fourth-order valence-electron chi connectivity index (χ4n) is 2.90. The summed E-state index contributed by atoms with van der Waals surface area (Å²) in [6.07, 6.45) is 4.11. The predicted octanol–water partition coefficient (Wildman–Crippen LogP) is 1.89. The minimum Gasteiger partial charge on any atom is -0.346 e. The van der Waals surface area contributed by atoms with E-state index < -0.39 is 0 Å². The fourth-order valence-corrected chi connectivity index (χ4v) is 2.90. The molecule has 5 nitrogen and oxygen atoms in total. The van der Waals surface area contributed by atoms with Crippen molar-refractivity contribution in [1.29, 1.82) is 0 Å². The van der Waals surface area contributed by atoms with E-state index in [0.29, 0.717) is 0 Å². The summed E-state index contributed by atoms with van der Waals surface area (Å²) in [6.45, 7) is 2.87. The second-order valence-electron chi connectivity index (χ2n) is 6.22. The second kappa shape index (κ2) is 6.50. The zero-order valence-corrected chi connectivity index (χ0v) is 13.3. The second-order valence-corrected chi connectivity index (χ2v) is 6.22. The van der Waals surface area contributed by atoms with Gasteiger partial charge in [0.05, 0.1) is 11.6 Å². The summed E-state index contributed by atoms with van der Waals surface area (Å²) in [5.41, 5.74) is 2.04. The van der Waals surface area contributed by atoms with Crippen LogP contribution in [0.2, 0.25) is 0 Å². The van der Waals surface area contributed by atoms with Crippen molar-refractivity contribution >= 4 is 22.5 Å². The average Bonchev–Trinajstić information content (AvgIpc) is 3.14. The summed E-state index contributed by atoms with van der Waals surface area (Å²) in [5.74, 6) is 0.0725. The van der Waals surface area contributed by atoms with Crippen molar-refractivity contribution in [3.05, 3.63) is 30.5 Å². The highest BCUT2D eigenvalue weighted by atomic mass is 16.2. The van der Waals surface area contributed by atoms with Gasteiger partial charge >= 0.3 is 0 Å². The van der Waals surface area contributed by atoms with E-state index in [2.05, 4.69) is 58.6 Å². The summed E-state index contributed by atoms with van der Waals surface area (Å²) >= 11 is 0. The van der Waals surface area contributed by atoms with Gasteiger partial charge in [-0.1, -0.05) is 6.07 Å². The molecule has 5 heteroatoms. The van der Waals surface area contributed by atoms with Crippen LogP contribution in [0.15, 0.2) is 30.5 Å². The quantitative estimate of drug-likeness (QED) is 0.886. The van der Waals surface area contributed by atoms with Crippen LogP contribution in [0.25, 0.3) is 10.9 Å². The molecule has 0 aliphatic carbocycles. The Balaban J connectivity index is 1.76. The van der Waals surface area contributed by atoms with E-state index in [1.807, 2.05) is 6.07 Å². The molecule has 1 aromatic carbocycles. The highest BCUT2D eigenvalue weighted by molar-refractivity contribution is 5.97. The topological polar surface area (TPSA) is 49.3 Å². The Labute approximate surface area is 131 Å². The molecule has 118 valence electrons. The molecule has 0 spiro atoms. The number of nitrogens with one attached hydrogen (secondary N) is 2. The number of anilines is 1. The lowest BCUT2D eigenvalue weighted by molar-refractivity contribution is -0.117. The first kappa shape index (κ1) is 15.1. The third kappa shape index (κ3) is 3.31. The Bertz CT molecular complexity index is 656. The van der Waals surface area contributed by atoms with Crippen LogP contribution in [0.4, 0.5) is 5.69 Å². The number of carbonyl (C=O) groups is 1. The summed E-state index contributed by atoms with van der Waals surface area (Å²) < 4.78 is 2.23. The molecule has 0 bridgehead atoms. The number of amides is 1. The number of benzene rings is 1. The van der Waals surface area contributed by atoms with Crippen LogP contribution in [-0.4, -0.2) is 48.6 Å². The molecule has 2 heterocycles. The Morgan fingerprint density at radius 3 is 3.00 bits per heavy atom. The van der Waals surface area contributed by atoms with Crippen molar-refractivity contribution in [3.63, 3.8) is 0 Å². The minimum absolute atomic E-state index is 0.0452. The maximum absolute atomic E-state index is 12.2. The first-order valence-electron chi connectivity index (χ1n) is 7.91. The van der Waals surface area contributed by atoms with E-state index >= 15 is 0 Å². The third-order valence-corrected chi connectivity index (χ3v) is 4.21. The van der Waals surface area contributed by atoms with Gasteiger partial charge in [0.2, 0.25) is 5.91 Å². The maximum Gasteiger partial charge on any atom is 0.241 e. The predicted molar refractivity (Wildman–Crippen MR) is 90.1 cm³/mol. The standard InChI is InChI=1S/C17H24N4O/c1-20(2)10-11-21-9-7-13-5-6-14(12-16(13)21)19-17(22)15-4-3-8-18-15/h5-7,9,12,15,18H,3-4,8,10-11H2,1-2H3,(H,19,22). The van der Waals surface area contributed by atoms with Crippen LogP contribution in [0.1, 0.15) is 12.8 Å². The molecule has 2 aromatic rings. The van der Waals surface area contributed by atoms with Crippen LogP contribution < -0.4 is 10.6 Å². The Hall–Kier alpha value is -1.85. The SMILES string of the molecule is CN(C)CCn1ccc2ccc(NC(=O)C3CCCN3)cc21. The van der Waals surface area contributed by atoms with Crippen LogP contribution in [0, 0.1) is 0 Å². The molecule has 1 fully saturated rings. The number of likely N-dealkylation sites (N-methyl/N-ethyl adjacent to an activating group) is 1. The fraction of sp³-hybridized carbons (Fsp3) is 0.471. The number of aromatic nitrogens is 1. The molecular formula is C17H24N4O. The number of hydrogen-bond donors (Lipinski definition) is 2. The van der Waals surface area contributed by atoms with Crippen LogP contribution in [0.3, 0.4) is 0 Å². The van der Waals surface area contributed by atoms with Gasteiger partial charge in [-0.2, -0.15) is 0 Å². The van der Waals surface area contributed by atoms with E-state index in [-0.39, 0.29) is 11.9 Å². The molecule has 0 saturated carbocycles. The molecule has 3 rings (SSSR count). The monoisotopic (exact) mass is 300 g/mol. The summed E-state index contributed by atoms with van der Waals surface area (Å²) in [6, 6.07) is 8.19. The lowest BCUT2D eigenvalue weighted by Crippen LogP contribution is -2.35. The lowest BCUT2D eigenvalue weighted by atomic mass is 10.2. The molecular weight excluding hydrogens is 276 g/mol. The van der Waals surface area contributed by atoms with Crippen molar-refractivity contribution < 1.29 is 4.79 Å². The molecule has 1 unspecified atom stereocenters. The maximum atomic E-state index is 12.2. The highest BCUT2D eigenvalue weighted by Gasteiger charge is 2.21. The van der Waals surface area contributed by atoms with Crippen molar-refractivity contribution in [3.8, 4) is 0 Å². The number of nitrogens with zero attached hydrogens (tertiary/aromatic N) is 2. The molecule has 1 aliphatic rings. The molecule has 0 radical (unpaired) electrons. The van der Waals surface area contributed by atoms with Gasteiger partial charge in [-0.25, -0.2) is 0 Å². The first-order valence-corrected chi connectivity index (χ1v) is 7.91. The van der Waals surface area contributed by atoms with Crippen molar-refractivity contribution in [2.75, 3.05) is 32.5 Å². The normalized spacial score (nSPS) is 18.2. The Kier molecular flexibility index (Phi) is 4.45. The Morgan fingerprint density at radius 2 is 2.27 bits per heavy atom. The molecule has 1 aromatic heterocycles. The Morgan fingerprint density at radius 1 is 1.41 bits per heavy atom. The van der Waals surface area contributed by atoms with Gasteiger partial charge in [-0.05, 0) is 57.1 Å². The van der Waals surface area contributed by atoms with Crippen LogP contribution >= 0.6 is 0 Å². The van der Waals surface area contributed by atoms with E-state index in [9.17, 15) is 4.79 Å². The summed E-state index contributed by atoms with van der Waals surface area (Å²) in [4.78, 5) is 14.4. The molecule has 1 aliphatic heterocycles. The summed E-state index contributed by atoms with van der Waals surface area (Å²) in [5, 5.41) is 7.47. The van der Waals surface area contributed by atoms with Crippen LogP contribution in [-0.2, 0) is 11.3 Å². The van der Waals surface area contributed by atoms with Gasteiger partial charge in [-0.3, -0.25) is 4.79 Å². The molecule has 1 saturated heterocycles. The van der Waals surface area contributed by atoms with Gasteiger partial charge in [0.25, 0.3) is 0 Å². The number of rotatable bonds is 5. The van der Waals surface area contributed by atoms with Gasteiger partial charge in [0, 0.05) is 25.0 Å². The van der Waals surface area contributed by atoms with Crippen molar-refractivity contribution in [1.82, 2.24) is 14.8 Å². The van der Waals surface area contributed by atoms with Crippen LogP contribution in [0.5, 0.6) is 0 Å². The lowest BCUT2D eigenvalue weighted by Gasteiger charge is -2.13. The zero-order valence-electron chi connectivity index (χ0n) is 13.3. The third-order valence-electron chi connectivity index (χ3n) is 4.21. The smallest absolute Gasteiger partial charge is 0.241 e. The number of hydrogen-bond acceptors (Lipinski definition) is 3. The highest BCUT2D eigenvalue weighted by Crippen LogP contribution is 2.21. The summed E-state index contributed by atoms with van der Waals surface area (Å²) in [7, 11) is 4.15. The van der Waals surface area contributed by atoms with E-state index in [0.717, 1.165) is 38.2 Å². The molecule has 1 atom stereocenters. The van der Waals surface area contributed by atoms with Crippen molar-refractivity contribution in [2.45, 2.75) is 25.4 Å². The number of carbonyl (C=O) groups excluding carboxylic acids is 1. The van der Waals surface area contributed by atoms with Gasteiger partial charge in [0.15, 0.2) is 0 Å². The zero-order chi connectivity index (χ0) is 15.5. The van der Waals surface area contributed by atoms with Gasteiger partial charge in [-0.15, -0.1) is 0 Å². The van der Waals surface area contributed by atoms with Gasteiger partial charge < -0.3 is 20.1 Å². The molecule has 22 heavy (non-hydrogen) atoms. The minimum atomic E-state index is -0.0452. The van der Waals surface area contributed by atoms with Crippen molar-refractivity contribution in [2.24, 2.45) is 0 Å².